The van der Waals surface area contributed by atoms with Gasteiger partial charge in [-0.15, -0.1) is 0 Å². The van der Waals surface area contributed by atoms with Crippen molar-refractivity contribution in [1.82, 2.24) is 0 Å². The Bertz CT molecular complexity index is 823. The summed E-state index contributed by atoms with van der Waals surface area (Å²) in [5, 5.41) is 7.79. The van der Waals surface area contributed by atoms with Crippen molar-refractivity contribution in [1.29, 1.82) is 0 Å². The van der Waals surface area contributed by atoms with Crippen molar-refractivity contribution in [3.63, 3.8) is 0 Å². The van der Waals surface area contributed by atoms with Crippen molar-refractivity contribution < 1.29 is 19.1 Å². The molecule has 25 heavy (non-hydrogen) atoms. The van der Waals surface area contributed by atoms with E-state index in [1.165, 1.54) is 26.2 Å². The first kappa shape index (κ1) is 18.3. The van der Waals surface area contributed by atoms with E-state index >= 15 is 0 Å². The Balaban J connectivity index is 2.02. The highest BCUT2D eigenvalue weighted by Crippen LogP contribution is 2.27. The minimum absolute atomic E-state index is 0.238. The first-order chi connectivity index (χ1) is 11.9. The predicted octanol–water partition coefficient (Wildman–Crippen LogP) is 2.88. The third-order valence-corrected chi connectivity index (χ3v) is 3.35. The number of nitrogens with one attached hydrogen (secondary N) is 3. The van der Waals surface area contributed by atoms with Crippen LogP contribution in [-0.2, 0) is 14.4 Å². The van der Waals surface area contributed by atoms with Crippen LogP contribution in [0.5, 0.6) is 5.75 Å². The minimum Gasteiger partial charge on any atom is -0.495 e. The molecule has 0 aromatic heterocycles. The zero-order valence-electron chi connectivity index (χ0n) is 13.6. The maximum absolute atomic E-state index is 12.0. The van der Waals surface area contributed by atoms with Crippen molar-refractivity contribution in [2.45, 2.75) is 6.92 Å². The summed E-state index contributed by atoms with van der Waals surface area (Å²) in [6, 6.07) is 11.1. The summed E-state index contributed by atoms with van der Waals surface area (Å²) in [6.07, 6.45) is 0. The molecule has 7 nitrogen and oxygen atoms in total. The summed E-state index contributed by atoms with van der Waals surface area (Å²) in [5.41, 5.74) is 1.24. The van der Waals surface area contributed by atoms with Gasteiger partial charge in [0.2, 0.25) is 5.91 Å². The molecule has 130 valence electrons. The average Bonchev–Trinajstić information content (AvgIpc) is 2.54. The molecule has 3 N–H and O–H groups in total. The van der Waals surface area contributed by atoms with Crippen LogP contribution in [-0.4, -0.2) is 24.8 Å². The summed E-state index contributed by atoms with van der Waals surface area (Å²) in [5.74, 6) is -1.49. The number of hydrogen-bond acceptors (Lipinski definition) is 4. The molecule has 2 rings (SSSR count). The number of ether oxygens (including phenoxy) is 1. The van der Waals surface area contributed by atoms with Crippen LogP contribution >= 0.6 is 11.6 Å². The van der Waals surface area contributed by atoms with Crippen molar-refractivity contribution in [2.75, 3.05) is 23.1 Å². The first-order valence-electron chi connectivity index (χ1n) is 7.22. The molecule has 2 aromatic carbocycles. The Morgan fingerprint density at radius 1 is 0.880 bits per heavy atom. The van der Waals surface area contributed by atoms with E-state index in [1.54, 1.807) is 30.3 Å². The largest absolute Gasteiger partial charge is 0.495 e. The number of carbonyl (C=O) groups excluding carboxylic acids is 3. The van der Waals surface area contributed by atoms with Crippen LogP contribution in [0.25, 0.3) is 0 Å². The van der Waals surface area contributed by atoms with Crippen molar-refractivity contribution in [3.8, 4) is 5.75 Å². The minimum atomic E-state index is -0.855. The maximum atomic E-state index is 12.0. The smallest absolute Gasteiger partial charge is 0.314 e. The van der Waals surface area contributed by atoms with Gasteiger partial charge in [-0.25, -0.2) is 0 Å². The third-order valence-electron chi connectivity index (χ3n) is 3.06. The fraction of sp³-hybridized carbons (Fsp3) is 0.118. The molecule has 0 aliphatic carbocycles. The second kappa shape index (κ2) is 8.16. The second-order valence-electron chi connectivity index (χ2n) is 5.02. The summed E-state index contributed by atoms with van der Waals surface area (Å²) in [7, 11) is 1.47. The van der Waals surface area contributed by atoms with Gasteiger partial charge in [0.25, 0.3) is 0 Å². The lowest BCUT2D eigenvalue weighted by Gasteiger charge is -2.09. The van der Waals surface area contributed by atoms with Gasteiger partial charge in [0, 0.05) is 24.0 Å². The standard InChI is InChI=1S/C17H16ClN3O4/c1-10(22)19-11-4-3-5-12(8-11)20-16(23)17(24)21-13-6-7-15(25-2)14(18)9-13/h3-9H,1-2H3,(H,19,22)(H,20,23)(H,21,24). The molecule has 0 saturated heterocycles. The Labute approximate surface area is 149 Å². The highest BCUT2D eigenvalue weighted by Gasteiger charge is 2.15. The van der Waals surface area contributed by atoms with Crippen molar-refractivity contribution in [3.05, 3.63) is 47.5 Å². The predicted molar refractivity (Wildman–Crippen MR) is 96.0 cm³/mol. The zero-order chi connectivity index (χ0) is 18.4. The molecule has 3 amide bonds. The van der Waals surface area contributed by atoms with Crippen LogP contribution in [0.1, 0.15) is 6.92 Å². The van der Waals surface area contributed by atoms with Crippen molar-refractivity contribution in [2.24, 2.45) is 0 Å². The summed E-state index contributed by atoms with van der Waals surface area (Å²) >= 11 is 5.97. The van der Waals surface area contributed by atoms with Crippen LogP contribution in [0.15, 0.2) is 42.5 Å². The number of amides is 3. The molecule has 0 aliphatic rings. The molecule has 0 atom stereocenters. The Kier molecular flexibility index (Phi) is 5.97. The highest BCUT2D eigenvalue weighted by molar-refractivity contribution is 6.43. The lowest BCUT2D eigenvalue weighted by molar-refractivity contribution is -0.132. The molecule has 0 saturated carbocycles. The number of anilines is 3. The summed E-state index contributed by atoms with van der Waals surface area (Å²) in [4.78, 5) is 35.0. The van der Waals surface area contributed by atoms with Crippen LogP contribution in [0.4, 0.5) is 17.1 Å². The molecule has 0 spiro atoms. The molecular formula is C17H16ClN3O4. The Hall–Kier alpha value is -3.06. The molecule has 8 heteroatoms. The molecule has 0 heterocycles. The lowest BCUT2D eigenvalue weighted by atomic mass is 10.2. The van der Waals surface area contributed by atoms with Gasteiger partial charge in [0.1, 0.15) is 5.75 Å². The Morgan fingerprint density at radius 2 is 1.44 bits per heavy atom. The number of carbonyl (C=O) groups is 3. The van der Waals surface area contributed by atoms with Crippen molar-refractivity contribution >= 4 is 46.4 Å². The molecule has 0 fully saturated rings. The fourth-order valence-electron chi connectivity index (χ4n) is 2.00. The number of halogens is 1. The van der Waals surface area contributed by atoms with Crippen LogP contribution in [0.3, 0.4) is 0 Å². The van der Waals surface area contributed by atoms with Gasteiger partial charge >= 0.3 is 11.8 Å². The average molecular weight is 362 g/mol. The van der Waals surface area contributed by atoms with Gasteiger partial charge in [0.05, 0.1) is 12.1 Å². The Morgan fingerprint density at radius 3 is 1.96 bits per heavy atom. The van der Waals surface area contributed by atoms with Crippen LogP contribution < -0.4 is 20.7 Å². The van der Waals surface area contributed by atoms with E-state index in [9.17, 15) is 14.4 Å². The first-order valence-corrected chi connectivity index (χ1v) is 7.60. The molecule has 2 aromatic rings. The zero-order valence-corrected chi connectivity index (χ0v) is 14.3. The van der Waals surface area contributed by atoms with Gasteiger partial charge < -0.3 is 20.7 Å². The second-order valence-corrected chi connectivity index (χ2v) is 5.43. The van der Waals surface area contributed by atoms with E-state index in [4.69, 9.17) is 16.3 Å². The monoisotopic (exact) mass is 361 g/mol. The third kappa shape index (κ3) is 5.22. The summed E-state index contributed by atoms with van der Waals surface area (Å²) < 4.78 is 5.02. The van der Waals surface area contributed by atoms with Gasteiger partial charge in [-0.1, -0.05) is 17.7 Å². The van der Waals surface area contributed by atoms with Gasteiger partial charge in [-0.2, -0.15) is 0 Å². The summed E-state index contributed by atoms with van der Waals surface area (Å²) in [6.45, 7) is 1.37. The molecule has 0 bridgehead atoms. The van der Waals surface area contributed by atoms with E-state index in [0.29, 0.717) is 27.8 Å². The van der Waals surface area contributed by atoms with Gasteiger partial charge in [0.15, 0.2) is 0 Å². The van der Waals surface area contributed by atoms with Crippen LogP contribution in [0, 0.1) is 0 Å². The lowest BCUT2D eigenvalue weighted by Crippen LogP contribution is -2.29. The van der Waals surface area contributed by atoms with E-state index in [-0.39, 0.29) is 5.91 Å². The van der Waals surface area contributed by atoms with Gasteiger partial charge in [-0.3, -0.25) is 14.4 Å². The number of methoxy groups -OCH3 is 1. The molecular weight excluding hydrogens is 346 g/mol. The highest BCUT2D eigenvalue weighted by atomic mass is 35.5. The quantitative estimate of drug-likeness (QED) is 0.729. The van der Waals surface area contributed by atoms with E-state index in [0.717, 1.165) is 0 Å². The normalized spacial score (nSPS) is 9.88. The molecule has 0 aliphatic heterocycles. The molecule has 0 unspecified atom stereocenters. The number of benzene rings is 2. The number of rotatable bonds is 4. The van der Waals surface area contributed by atoms with Crippen LogP contribution in [0.2, 0.25) is 5.02 Å². The maximum Gasteiger partial charge on any atom is 0.314 e. The van der Waals surface area contributed by atoms with Gasteiger partial charge in [-0.05, 0) is 36.4 Å². The van der Waals surface area contributed by atoms with E-state index < -0.39 is 11.8 Å². The number of hydrogen-bond donors (Lipinski definition) is 3. The topological polar surface area (TPSA) is 96.5 Å². The fourth-order valence-corrected chi connectivity index (χ4v) is 2.26. The van der Waals surface area contributed by atoms with E-state index in [2.05, 4.69) is 16.0 Å². The van der Waals surface area contributed by atoms with E-state index in [1.807, 2.05) is 0 Å². The SMILES string of the molecule is COc1ccc(NC(=O)C(=O)Nc2cccc(NC(C)=O)c2)cc1Cl. The molecule has 0 radical (unpaired) electrons.